The van der Waals surface area contributed by atoms with Gasteiger partial charge in [0.2, 0.25) is 0 Å². The van der Waals surface area contributed by atoms with E-state index in [0.717, 1.165) is 12.1 Å². The fourth-order valence-corrected chi connectivity index (χ4v) is 1.85. The van der Waals surface area contributed by atoms with Gasteiger partial charge in [-0.3, -0.25) is 0 Å². The molecule has 1 unspecified atom stereocenters. The highest BCUT2D eigenvalue weighted by Gasteiger charge is 2.10. The summed E-state index contributed by atoms with van der Waals surface area (Å²) in [5, 5.41) is 1.05. The number of hydrogen-bond donors (Lipinski definition) is 0. The van der Waals surface area contributed by atoms with E-state index in [0.29, 0.717) is 10.0 Å². The summed E-state index contributed by atoms with van der Waals surface area (Å²) < 4.78 is 0. The Balaban J connectivity index is 0.00000196. The maximum absolute atomic E-state index is 6.18. The second-order valence-electron chi connectivity index (χ2n) is 3.40. The third-order valence-corrected chi connectivity index (χ3v) is 2.96. The number of benzene rings is 1. The molecule has 1 rings (SSSR count). The van der Waals surface area contributed by atoms with Crippen LogP contribution in [0.1, 0.15) is 10.9 Å². The van der Waals surface area contributed by atoms with E-state index in [4.69, 9.17) is 34.8 Å². The van der Waals surface area contributed by atoms with Crippen LogP contribution in [0.5, 0.6) is 0 Å². The Labute approximate surface area is 112 Å². The molecule has 0 aliphatic heterocycles. The summed E-state index contributed by atoms with van der Waals surface area (Å²) in [4.78, 5) is 2.03. The SMILES string of the molecule is CN(C)CC(Cl)c1ccc(Cl)c(Cl)c1.Cl. The molecule has 5 heteroatoms. The molecule has 1 aromatic carbocycles. The Morgan fingerprint density at radius 2 is 1.80 bits per heavy atom. The van der Waals surface area contributed by atoms with Gasteiger partial charge in [0.15, 0.2) is 0 Å². The van der Waals surface area contributed by atoms with Gasteiger partial charge in [-0.05, 0) is 31.8 Å². The van der Waals surface area contributed by atoms with Crippen molar-refractivity contribution in [1.82, 2.24) is 4.90 Å². The van der Waals surface area contributed by atoms with E-state index in [1.54, 1.807) is 6.07 Å². The fraction of sp³-hybridized carbons (Fsp3) is 0.400. The van der Waals surface area contributed by atoms with Crippen molar-refractivity contribution in [2.45, 2.75) is 5.38 Å². The molecule has 0 heterocycles. The summed E-state index contributed by atoms with van der Waals surface area (Å²) in [5.74, 6) is 0. The predicted octanol–water partition coefficient (Wildman–Crippen LogP) is 4.26. The van der Waals surface area contributed by atoms with Crippen LogP contribution >= 0.6 is 47.2 Å². The summed E-state index contributed by atoms with van der Waals surface area (Å²) >= 11 is 17.9. The summed E-state index contributed by atoms with van der Waals surface area (Å²) in [6.45, 7) is 0.777. The predicted molar refractivity (Wildman–Crippen MR) is 70.9 cm³/mol. The smallest absolute Gasteiger partial charge is 0.0712 e. The highest BCUT2D eigenvalue weighted by atomic mass is 35.5. The average Bonchev–Trinajstić information content (AvgIpc) is 2.08. The molecule has 0 aromatic heterocycles. The Morgan fingerprint density at radius 1 is 1.20 bits per heavy atom. The summed E-state index contributed by atoms with van der Waals surface area (Å²) in [6.07, 6.45) is 0. The van der Waals surface area contributed by atoms with Crippen LogP contribution in [0, 0.1) is 0 Å². The van der Waals surface area contributed by atoms with Crippen molar-refractivity contribution < 1.29 is 0 Å². The Morgan fingerprint density at radius 3 is 2.27 bits per heavy atom. The van der Waals surface area contributed by atoms with Crippen LogP contribution in [0.3, 0.4) is 0 Å². The van der Waals surface area contributed by atoms with Crippen molar-refractivity contribution in [1.29, 1.82) is 0 Å². The maximum atomic E-state index is 6.18. The van der Waals surface area contributed by atoms with Gasteiger partial charge in [0.25, 0.3) is 0 Å². The molecule has 0 saturated carbocycles. The first-order chi connectivity index (χ1) is 6.50. The van der Waals surface area contributed by atoms with Crippen molar-refractivity contribution in [3.05, 3.63) is 33.8 Å². The number of rotatable bonds is 3. The van der Waals surface area contributed by atoms with Gasteiger partial charge in [0, 0.05) is 6.54 Å². The maximum Gasteiger partial charge on any atom is 0.0712 e. The van der Waals surface area contributed by atoms with Crippen LogP contribution in [-0.2, 0) is 0 Å². The zero-order valence-electron chi connectivity index (χ0n) is 8.51. The number of likely N-dealkylation sites (N-methyl/N-ethyl adjacent to an activating group) is 1. The van der Waals surface area contributed by atoms with Gasteiger partial charge < -0.3 is 4.90 Å². The molecule has 0 aliphatic carbocycles. The van der Waals surface area contributed by atoms with E-state index in [1.165, 1.54) is 0 Å². The number of halogens is 4. The quantitative estimate of drug-likeness (QED) is 0.752. The summed E-state index contributed by atoms with van der Waals surface area (Å²) in [7, 11) is 3.96. The molecule has 86 valence electrons. The highest BCUT2D eigenvalue weighted by molar-refractivity contribution is 6.42. The lowest BCUT2D eigenvalue weighted by Crippen LogP contribution is -2.17. The molecule has 0 N–H and O–H groups in total. The van der Waals surface area contributed by atoms with Crippen LogP contribution in [0.2, 0.25) is 10.0 Å². The molecule has 1 atom stereocenters. The minimum atomic E-state index is -0.0558. The lowest BCUT2D eigenvalue weighted by Gasteiger charge is -2.15. The lowest BCUT2D eigenvalue weighted by atomic mass is 10.1. The van der Waals surface area contributed by atoms with Crippen LogP contribution in [0.25, 0.3) is 0 Å². The molecule has 0 aliphatic rings. The summed E-state index contributed by atoms with van der Waals surface area (Å²) in [5.41, 5.74) is 0.995. The van der Waals surface area contributed by atoms with E-state index in [1.807, 2.05) is 31.1 Å². The monoisotopic (exact) mass is 287 g/mol. The minimum Gasteiger partial charge on any atom is -0.308 e. The van der Waals surface area contributed by atoms with Gasteiger partial charge in [-0.1, -0.05) is 29.3 Å². The summed E-state index contributed by atoms with van der Waals surface area (Å²) in [6, 6.07) is 5.48. The zero-order chi connectivity index (χ0) is 10.7. The zero-order valence-corrected chi connectivity index (χ0v) is 11.6. The molecule has 0 spiro atoms. The van der Waals surface area contributed by atoms with E-state index < -0.39 is 0 Å². The van der Waals surface area contributed by atoms with Gasteiger partial charge in [-0.2, -0.15) is 0 Å². The normalized spacial score (nSPS) is 12.4. The van der Waals surface area contributed by atoms with E-state index in [9.17, 15) is 0 Å². The van der Waals surface area contributed by atoms with Gasteiger partial charge in [-0.15, -0.1) is 24.0 Å². The molecule has 0 fully saturated rings. The molecule has 1 aromatic rings. The number of alkyl halides is 1. The van der Waals surface area contributed by atoms with Crippen LogP contribution in [-0.4, -0.2) is 25.5 Å². The van der Waals surface area contributed by atoms with Gasteiger partial charge >= 0.3 is 0 Å². The third kappa shape index (κ3) is 4.80. The first-order valence-corrected chi connectivity index (χ1v) is 5.43. The minimum absolute atomic E-state index is 0. The fourth-order valence-electron chi connectivity index (χ4n) is 1.13. The topological polar surface area (TPSA) is 3.24 Å². The van der Waals surface area contributed by atoms with Gasteiger partial charge in [-0.25, -0.2) is 0 Å². The number of nitrogens with zero attached hydrogens (tertiary/aromatic N) is 1. The molecule has 0 saturated heterocycles. The second kappa shape index (κ2) is 6.82. The van der Waals surface area contributed by atoms with Crippen molar-refractivity contribution in [3.8, 4) is 0 Å². The molecule has 0 radical (unpaired) electrons. The molecule has 1 nitrogen and oxygen atoms in total. The lowest BCUT2D eigenvalue weighted by molar-refractivity contribution is 0.408. The van der Waals surface area contributed by atoms with Crippen molar-refractivity contribution >= 4 is 47.2 Å². The Kier molecular flexibility index (Phi) is 6.98. The molecule has 15 heavy (non-hydrogen) atoms. The first kappa shape index (κ1) is 15.3. The van der Waals surface area contributed by atoms with Crippen LogP contribution in [0.15, 0.2) is 18.2 Å². The first-order valence-electron chi connectivity index (χ1n) is 4.24. The molecular formula is C10H13Cl4N. The van der Waals surface area contributed by atoms with Crippen molar-refractivity contribution in [2.75, 3.05) is 20.6 Å². The average molecular weight is 289 g/mol. The van der Waals surface area contributed by atoms with Gasteiger partial charge in [0.05, 0.1) is 15.4 Å². The van der Waals surface area contributed by atoms with Crippen LogP contribution in [0.4, 0.5) is 0 Å². The largest absolute Gasteiger partial charge is 0.308 e. The van der Waals surface area contributed by atoms with E-state index in [2.05, 4.69) is 0 Å². The molecule has 0 bridgehead atoms. The van der Waals surface area contributed by atoms with Crippen molar-refractivity contribution in [2.24, 2.45) is 0 Å². The Hall–Kier alpha value is 0.340. The van der Waals surface area contributed by atoms with E-state index in [-0.39, 0.29) is 17.8 Å². The Bertz CT molecular complexity index is 314. The van der Waals surface area contributed by atoms with Gasteiger partial charge in [0.1, 0.15) is 0 Å². The second-order valence-corrected chi connectivity index (χ2v) is 4.74. The standard InChI is InChI=1S/C10H12Cl3N.ClH/c1-14(2)6-10(13)7-3-4-8(11)9(12)5-7;/h3-5,10H,6H2,1-2H3;1H. The van der Waals surface area contributed by atoms with Crippen LogP contribution < -0.4 is 0 Å². The molecule has 0 amide bonds. The highest BCUT2D eigenvalue weighted by Crippen LogP contribution is 2.28. The van der Waals surface area contributed by atoms with E-state index >= 15 is 0 Å². The third-order valence-electron chi connectivity index (χ3n) is 1.83. The molecular weight excluding hydrogens is 276 g/mol. The number of hydrogen-bond acceptors (Lipinski definition) is 1. The van der Waals surface area contributed by atoms with Crippen molar-refractivity contribution in [3.63, 3.8) is 0 Å².